The Hall–Kier alpha value is -2.37. The lowest BCUT2D eigenvalue weighted by Crippen LogP contribution is -2.42. The van der Waals surface area contributed by atoms with E-state index < -0.39 is 23.8 Å². The topological polar surface area (TPSA) is 109 Å². The van der Waals surface area contributed by atoms with Gasteiger partial charge in [0, 0.05) is 0 Å². The zero-order valence-corrected chi connectivity index (χ0v) is 9.14. The summed E-state index contributed by atoms with van der Waals surface area (Å²) in [6, 6.07) is 4.87. The van der Waals surface area contributed by atoms with Crippen LogP contribution < -0.4 is 11.1 Å². The molecule has 1 atom stereocenters. The van der Waals surface area contributed by atoms with Gasteiger partial charge in [0.2, 0.25) is 5.91 Å². The summed E-state index contributed by atoms with van der Waals surface area (Å²) in [6.07, 6.45) is 0. The van der Waals surface area contributed by atoms with Gasteiger partial charge < -0.3 is 16.2 Å². The molecule has 6 nitrogen and oxygen atoms in total. The summed E-state index contributed by atoms with van der Waals surface area (Å²) >= 11 is 0. The number of rotatable bonds is 4. The molecule has 0 saturated heterocycles. The predicted octanol–water partition coefficient (Wildman–Crippen LogP) is -0.0116. The zero-order chi connectivity index (χ0) is 13.0. The van der Waals surface area contributed by atoms with Crippen LogP contribution in [0.5, 0.6) is 0 Å². The molecule has 0 spiro atoms. The van der Waals surface area contributed by atoms with Crippen LogP contribution in [-0.4, -0.2) is 28.9 Å². The molecule has 1 rings (SSSR count). The van der Waals surface area contributed by atoms with Crippen LogP contribution in [0.4, 0.5) is 0 Å². The first kappa shape index (κ1) is 12.7. The molecular formula is C11H12N2O4. The van der Waals surface area contributed by atoms with Gasteiger partial charge in [-0.05, 0) is 19.1 Å². The normalized spacial score (nSPS) is 11.6. The molecule has 1 aromatic rings. The summed E-state index contributed by atoms with van der Waals surface area (Å²) in [5.74, 6) is -2.54. The van der Waals surface area contributed by atoms with Gasteiger partial charge in [-0.3, -0.25) is 9.59 Å². The van der Waals surface area contributed by atoms with Crippen molar-refractivity contribution in [1.29, 1.82) is 0 Å². The van der Waals surface area contributed by atoms with E-state index in [1.165, 1.54) is 31.2 Å². The van der Waals surface area contributed by atoms with Crippen molar-refractivity contribution >= 4 is 17.8 Å². The standard InChI is InChI=1S/C11H12N2O4/c1-6(9(12)14)13-10(15)7-4-2-3-5-8(7)11(16)17/h2-6H,1H3,(H2,12,14)(H,13,15)(H,16,17)/t6-/m0/s1. The summed E-state index contributed by atoms with van der Waals surface area (Å²) in [7, 11) is 0. The molecule has 0 saturated carbocycles. The fourth-order valence-electron chi connectivity index (χ4n) is 1.21. The highest BCUT2D eigenvalue weighted by Gasteiger charge is 2.18. The maximum absolute atomic E-state index is 11.7. The molecule has 0 aliphatic rings. The lowest BCUT2D eigenvalue weighted by molar-refractivity contribution is -0.119. The van der Waals surface area contributed by atoms with Crippen molar-refractivity contribution < 1.29 is 19.5 Å². The number of carboxylic acids is 1. The molecule has 4 N–H and O–H groups in total. The molecule has 6 heteroatoms. The van der Waals surface area contributed by atoms with E-state index in [1.54, 1.807) is 0 Å². The van der Waals surface area contributed by atoms with Gasteiger partial charge in [0.1, 0.15) is 6.04 Å². The molecule has 0 aliphatic carbocycles. The number of primary amides is 1. The second-order valence-electron chi connectivity index (χ2n) is 3.45. The number of carbonyl (C=O) groups is 3. The van der Waals surface area contributed by atoms with Gasteiger partial charge in [0.25, 0.3) is 5.91 Å². The molecule has 0 bridgehead atoms. The molecular weight excluding hydrogens is 224 g/mol. The van der Waals surface area contributed by atoms with Crippen LogP contribution in [0.3, 0.4) is 0 Å². The summed E-state index contributed by atoms with van der Waals surface area (Å²) in [5.41, 5.74) is 4.86. The summed E-state index contributed by atoms with van der Waals surface area (Å²) in [5, 5.41) is 11.2. The Morgan fingerprint density at radius 3 is 2.24 bits per heavy atom. The second kappa shape index (κ2) is 5.11. The van der Waals surface area contributed by atoms with Crippen molar-refractivity contribution in [2.24, 2.45) is 5.73 Å². The van der Waals surface area contributed by atoms with Gasteiger partial charge in [-0.1, -0.05) is 12.1 Å². The van der Waals surface area contributed by atoms with Crippen molar-refractivity contribution in [3.63, 3.8) is 0 Å². The molecule has 0 radical (unpaired) electrons. The second-order valence-corrected chi connectivity index (χ2v) is 3.45. The maximum atomic E-state index is 11.7. The van der Waals surface area contributed by atoms with E-state index in [4.69, 9.17) is 10.8 Å². The van der Waals surface area contributed by atoms with E-state index >= 15 is 0 Å². The maximum Gasteiger partial charge on any atom is 0.336 e. The van der Waals surface area contributed by atoms with Gasteiger partial charge in [0.15, 0.2) is 0 Å². The number of nitrogens with two attached hydrogens (primary N) is 1. The van der Waals surface area contributed by atoms with Gasteiger partial charge in [0.05, 0.1) is 11.1 Å². The fourth-order valence-corrected chi connectivity index (χ4v) is 1.21. The Morgan fingerprint density at radius 2 is 1.76 bits per heavy atom. The summed E-state index contributed by atoms with van der Waals surface area (Å²) in [6.45, 7) is 1.42. The average molecular weight is 236 g/mol. The predicted molar refractivity (Wildman–Crippen MR) is 59.5 cm³/mol. The van der Waals surface area contributed by atoms with Gasteiger partial charge >= 0.3 is 5.97 Å². The number of amides is 2. The Balaban J connectivity index is 2.97. The third-order valence-electron chi connectivity index (χ3n) is 2.18. The largest absolute Gasteiger partial charge is 0.478 e. The third-order valence-corrected chi connectivity index (χ3v) is 2.18. The van der Waals surface area contributed by atoms with Crippen molar-refractivity contribution in [3.8, 4) is 0 Å². The van der Waals surface area contributed by atoms with Crippen LogP contribution >= 0.6 is 0 Å². The molecule has 0 aromatic heterocycles. The van der Waals surface area contributed by atoms with Crippen molar-refractivity contribution in [2.45, 2.75) is 13.0 Å². The molecule has 1 aromatic carbocycles. The minimum absolute atomic E-state index is 0.00639. The number of aromatic carboxylic acids is 1. The van der Waals surface area contributed by atoms with E-state index in [1.807, 2.05) is 0 Å². The number of hydrogen-bond donors (Lipinski definition) is 3. The van der Waals surface area contributed by atoms with E-state index in [9.17, 15) is 14.4 Å². The average Bonchev–Trinajstić information content (AvgIpc) is 2.28. The van der Waals surface area contributed by atoms with E-state index in [-0.39, 0.29) is 11.1 Å². The lowest BCUT2D eigenvalue weighted by atomic mass is 10.1. The Labute approximate surface area is 97.4 Å². The molecule has 2 amide bonds. The van der Waals surface area contributed by atoms with Crippen LogP contribution in [0.1, 0.15) is 27.6 Å². The summed E-state index contributed by atoms with van der Waals surface area (Å²) < 4.78 is 0. The minimum atomic E-state index is -1.21. The van der Waals surface area contributed by atoms with Crippen LogP contribution in [-0.2, 0) is 4.79 Å². The van der Waals surface area contributed by atoms with E-state index in [0.29, 0.717) is 0 Å². The Bertz CT molecular complexity index is 470. The van der Waals surface area contributed by atoms with Crippen LogP contribution in [0.2, 0.25) is 0 Å². The number of benzene rings is 1. The molecule has 17 heavy (non-hydrogen) atoms. The Morgan fingerprint density at radius 1 is 1.24 bits per heavy atom. The number of carboxylic acid groups (broad SMARTS) is 1. The molecule has 0 fully saturated rings. The first-order valence-electron chi connectivity index (χ1n) is 4.86. The van der Waals surface area contributed by atoms with Crippen LogP contribution in [0.15, 0.2) is 24.3 Å². The first-order chi connectivity index (χ1) is 7.93. The quantitative estimate of drug-likeness (QED) is 0.682. The highest BCUT2D eigenvalue weighted by molar-refractivity contribution is 6.05. The van der Waals surface area contributed by atoms with Gasteiger partial charge in [-0.25, -0.2) is 4.79 Å². The van der Waals surface area contributed by atoms with Gasteiger partial charge in [-0.2, -0.15) is 0 Å². The molecule has 0 aliphatic heterocycles. The van der Waals surface area contributed by atoms with Crippen LogP contribution in [0, 0.1) is 0 Å². The molecule has 0 heterocycles. The monoisotopic (exact) mass is 236 g/mol. The molecule has 0 unspecified atom stereocenters. The number of carbonyl (C=O) groups excluding carboxylic acids is 2. The minimum Gasteiger partial charge on any atom is -0.478 e. The van der Waals surface area contributed by atoms with E-state index in [0.717, 1.165) is 0 Å². The molecule has 90 valence electrons. The third kappa shape index (κ3) is 3.04. The highest BCUT2D eigenvalue weighted by atomic mass is 16.4. The van der Waals surface area contributed by atoms with Crippen molar-refractivity contribution in [3.05, 3.63) is 35.4 Å². The first-order valence-corrected chi connectivity index (χ1v) is 4.86. The SMILES string of the molecule is C[C@H](NC(=O)c1ccccc1C(=O)O)C(N)=O. The summed E-state index contributed by atoms with van der Waals surface area (Å²) in [4.78, 5) is 33.4. The highest BCUT2D eigenvalue weighted by Crippen LogP contribution is 2.08. The van der Waals surface area contributed by atoms with Gasteiger partial charge in [-0.15, -0.1) is 0 Å². The van der Waals surface area contributed by atoms with Crippen molar-refractivity contribution in [1.82, 2.24) is 5.32 Å². The van der Waals surface area contributed by atoms with E-state index in [2.05, 4.69) is 5.32 Å². The number of nitrogens with one attached hydrogen (secondary N) is 1. The number of hydrogen-bond acceptors (Lipinski definition) is 3. The fraction of sp³-hybridized carbons (Fsp3) is 0.182. The lowest BCUT2D eigenvalue weighted by Gasteiger charge is -2.11. The Kier molecular flexibility index (Phi) is 3.82. The smallest absolute Gasteiger partial charge is 0.336 e. The zero-order valence-electron chi connectivity index (χ0n) is 9.14. The van der Waals surface area contributed by atoms with Crippen molar-refractivity contribution in [2.75, 3.05) is 0 Å². The van der Waals surface area contributed by atoms with Crippen LogP contribution in [0.25, 0.3) is 0 Å².